The van der Waals surface area contributed by atoms with E-state index in [2.05, 4.69) is 91.0 Å². The maximum Gasteiger partial charge on any atom is 0.0719 e. The monoisotopic (exact) mass is 386 g/mol. The first-order valence-electron chi connectivity index (χ1n) is 10.5. The van der Waals surface area contributed by atoms with Crippen molar-refractivity contribution in [1.29, 1.82) is 0 Å². The molecule has 1 nitrogen and oxygen atoms in total. The Hall–Kier alpha value is -3.42. The van der Waals surface area contributed by atoms with Crippen molar-refractivity contribution in [1.82, 2.24) is 0 Å². The molecule has 0 saturated carbocycles. The molecule has 0 bridgehead atoms. The highest BCUT2D eigenvalue weighted by Gasteiger charge is 2.26. The summed E-state index contributed by atoms with van der Waals surface area (Å²) in [5.41, 5.74) is 9.47. The van der Waals surface area contributed by atoms with E-state index in [-0.39, 0.29) is 0 Å². The minimum atomic E-state index is 0.597. The lowest BCUT2D eigenvalue weighted by molar-refractivity contribution is 0.185. The van der Waals surface area contributed by atoms with Gasteiger partial charge in [-0.3, -0.25) is 0 Å². The van der Waals surface area contributed by atoms with Gasteiger partial charge < -0.3 is 4.74 Å². The summed E-state index contributed by atoms with van der Waals surface area (Å²) < 4.78 is 5.64. The Balaban J connectivity index is 1.83. The van der Waals surface area contributed by atoms with Gasteiger partial charge in [-0.2, -0.15) is 0 Å². The van der Waals surface area contributed by atoms with Crippen molar-refractivity contribution in [3.63, 3.8) is 0 Å². The van der Waals surface area contributed by atoms with Gasteiger partial charge in [0.1, 0.15) is 0 Å². The number of ether oxygens (including phenoxy) is 1. The van der Waals surface area contributed by atoms with Crippen LogP contribution in [0.2, 0.25) is 0 Å². The van der Waals surface area contributed by atoms with Gasteiger partial charge in [-0.1, -0.05) is 91.0 Å². The summed E-state index contributed by atoms with van der Waals surface area (Å²) in [5.74, 6) is 0. The van der Waals surface area contributed by atoms with Gasteiger partial charge in [-0.25, -0.2) is 0 Å². The third kappa shape index (κ3) is 2.52. The van der Waals surface area contributed by atoms with Crippen molar-refractivity contribution >= 4 is 21.5 Å². The fraction of sp³-hybridized carbons (Fsp3) is 0.103. The van der Waals surface area contributed by atoms with Gasteiger partial charge in [-0.05, 0) is 66.9 Å². The summed E-state index contributed by atoms with van der Waals surface area (Å²) in [7, 11) is 1.78. The second-order valence-electron chi connectivity index (χ2n) is 8.09. The largest absolute Gasteiger partial charge is 0.380 e. The third-order valence-electron chi connectivity index (χ3n) is 6.36. The fourth-order valence-electron chi connectivity index (χ4n) is 5.12. The SMILES string of the molecule is COCc1ccc2ccccc2c1-c1c2c(cc3ccccc13)Cc1ccccc1-2. The molecule has 1 aliphatic rings. The molecule has 0 spiro atoms. The van der Waals surface area contributed by atoms with Crippen LogP contribution in [0.4, 0.5) is 0 Å². The number of hydrogen-bond donors (Lipinski definition) is 0. The molecule has 0 aromatic heterocycles. The smallest absolute Gasteiger partial charge is 0.0719 e. The Kier molecular flexibility index (Phi) is 3.97. The molecule has 0 aliphatic heterocycles. The summed E-state index contributed by atoms with van der Waals surface area (Å²) in [6.45, 7) is 0.597. The van der Waals surface area contributed by atoms with Gasteiger partial charge in [0.2, 0.25) is 0 Å². The maximum atomic E-state index is 5.64. The van der Waals surface area contributed by atoms with Crippen molar-refractivity contribution in [2.24, 2.45) is 0 Å². The number of methoxy groups -OCH3 is 1. The van der Waals surface area contributed by atoms with Crippen LogP contribution in [0, 0.1) is 0 Å². The molecule has 5 aromatic carbocycles. The van der Waals surface area contributed by atoms with Crippen LogP contribution in [0.3, 0.4) is 0 Å². The number of rotatable bonds is 3. The summed E-state index contributed by atoms with van der Waals surface area (Å²) in [5, 5.41) is 5.16. The molecule has 0 amide bonds. The van der Waals surface area contributed by atoms with Crippen LogP contribution in [0.15, 0.2) is 91.0 Å². The zero-order chi connectivity index (χ0) is 20.1. The van der Waals surface area contributed by atoms with E-state index in [1.807, 2.05) is 0 Å². The molecule has 0 fully saturated rings. The minimum Gasteiger partial charge on any atom is -0.380 e. The van der Waals surface area contributed by atoms with Gasteiger partial charge in [0.05, 0.1) is 6.61 Å². The Bertz CT molecular complexity index is 1430. The lowest BCUT2D eigenvalue weighted by Gasteiger charge is -2.19. The van der Waals surface area contributed by atoms with E-state index < -0.39 is 0 Å². The number of hydrogen-bond acceptors (Lipinski definition) is 1. The molecule has 0 heterocycles. The Morgan fingerprint density at radius 1 is 0.633 bits per heavy atom. The van der Waals surface area contributed by atoms with Crippen molar-refractivity contribution in [3.05, 3.63) is 108 Å². The average molecular weight is 386 g/mol. The number of benzene rings is 5. The van der Waals surface area contributed by atoms with Crippen LogP contribution in [-0.2, 0) is 17.8 Å². The second-order valence-corrected chi connectivity index (χ2v) is 8.09. The molecule has 144 valence electrons. The molecule has 0 radical (unpaired) electrons. The highest BCUT2D eigenvalue weighted by atomic mass is 16.5. The average Bonchev–Trinajstić information content (AvgIpc) is 3.16. The van der Waals surface area contributed by atoms with Gasteiger partial charge in [0, 0.05) is 7.11 Å². The highest BCUT2D eigenvalue weighted by Crippen LogP contribution is 2.49. The maximum absolute atomic E-state index is 5.64. The van der Waals surface area contributed by atoms with E-state index in [1.54, 1.807) is 7.11 Å². The third-order valence-corrected chi connectivity index (χ3v) is 6.36. The van der Waals surface area contributed by atoms with Crippen LogP contribution in [-0.4, -0.2) is 7.11 Å². The van der Waals surface area contributed by atoms with Crippen molar-refractivity contribution in [2.75, 3.05) is 7.11 Å². The molecule has 30 heavy (non-hydrogen) atoms. The Morgan fingerprint density at radius 2 is 1.33 bits per heavy atom. The molecule has 6 rings (SSSR count). The van der Waals surface area contributed by atoms with Crippen molar-refractivity contribution in [3.8, 4) is 22.3 Å². The second kappa shape index (κ2) is 6.83. The zero-order valence-electron chi connectivity index (χ0n) is 17.0. The Labute approximate surface area is 176 Å². The molecule has 0 N–H and O–H groups in total. The quantitative estimate of drug-likeness (QED) is 0.308. The van der Waals surface area contributed by atoms with Crippen LogP contribution in [0.25, 0.3) is 43.8 Å². The summed E-state index contributed by atoms with van der Waals surface area (Å²) >= 11 is 0. The van der Waals surface area contributed by atoms with Crippen LogP contribution >= 0.6 is 0 Å². The van der Waals surface area contributed by atoms with Gasteiger partial charge in [0.15, 0.2) is 0 Å². The van der Waals surface area contributed by atoms with Crippen LogP contribution in [0.1, 0.15) is 16.7 Å². The fourth-order valence-corrected chi connectivity index (χ4v) is 5.12. The molecular weight excluding hydrogens is 364 g/mol. The minimum absolute atomic E-state index is 0.597. The molecule has 5 aromatic rings. The molecule has 0 saturated heterocycles. The lowest BCUT2D eigenvalue weighted by atomic mass is 9.84. The zero-order valence-corrected chi connectivity index (χ0v) is 17.0. The van der Waals surface area contributed by atoms with E-state index in [9.17, 15) is 0 Å². The van der Waals surface area contributed by atoms with Crippen LogP contribution in [0.5, 0.6) is 0 Å². The summed E-state index contributed by atoms with van der Waals surface area (Å²) in [6.07, 6.45) is 0.994. The van der Waals surface area contributed by atoms with E-state index in [4.69, 9.17) is 4.74 Å². The van der Waals surface area contributed by atoms with Gasteiger partial charge >= 0.3 is 0 Å². The molecule has 1 heteroatoms. The van der Waals surface area contributed by atoms with E-state index in [0.29, 0.717) is 6.61 Å². The highest BCUT2D eigenvalue weighted by molar-refractivity contribution is 6.13. The molecule has 0 atom stereocenters. The van der Waals surface area contributed by atoms with Crippen LogP contribution < -0.4 is 0 Å². The first-order chi connectivity index (χ1) is 14.8. The molecule has 1 aliphatic carbocycles. The first-order valence-corrected chi connectivity index (χ1v) is 10.5. The Morgan fingerprint density at radius 3 is 2.17 bits per heavy atom. The lowest BCUT2D eigenvalue weighted by Crippen LogP contribution is -1.97. The summed E-state index contributed by atoms with van der Waals surface area (Å²) in [4.78, 5) is 0. The normalized spacial score (nSPS) is 12.3. The van der Waals surface area contributed by atoms with Crippen molar-refractivity contribution in [2.45, 2.75) is 13.0 Å². The number of fused-ring (bicyclic) bond motifs is 5. The first kappa shape index (κ1) is 17.4. The van der Waals surface area contributed by atoms with E-state index in [1.165, 1.54) is 60.5 Å². The van der Waals surface area contributed by atoms with Gasteiger partial charge in [-0.15, -0.1) is 0 Å². The predicted octanol–water partition coefficient (Wildman–Crippen LogP) is 7.38. The van der Waals surface area contributed by atoms with E-state index in [0.717, 1.165) is 6.42 Å². The predicted molar refractivity (Wildman–Crippen MR) is 126 cm³/mol. The van der Waals surface area contributed by atoms with Gasteiger partial charge in [0.25, 0.3) is 0 Å². The standard InChI is InChI=1S/C29H22O/c1-30-18-22-15-14-19-8-2-5-11-24(19)27(22)29-26-13-7-4-10-21(26)17-23-16-20-9-3-6-12-25(20)28(23)29/h2-15,17H,16,18H2,1H3. The van der Waals surface area contributed by atoms with E-state index >= 15 is 0 Å². The summed E-state index contributed by atoms with van der Waals surface area (Å²) in [6, 6.07) is 33.2. The molecule has 0 unspecified atom stereocenters. The molecular formula is C29H22O. The van der Waals surface area contributed by atoms with Crippen molar-refractivity contribution < 1.29 is 4.74 Å². The topological polar surface area (TPSA) is 9.23 Å².